The van der Waals surface area contributed by atoms with Gasteiger partial charge in [-0.1, -0.05) is 11.6 Å². The van der Waals surface area contributed by atoms with Crippen molar-refractivity contribution in [3.63, 3.8) is 0 Å². The normalized spacial score (nSPS) is 14.3. The van der Waals surface area contributed by atoms with Crippen molar-refractivity contribution in [2.45, 2.75) is 18.8 Å². The fourth-order valence-corrected chi connectivity index (χ4v) is 2.43. The van der Waals surface area contributed by atoms with Crippen molar-refractivity contribution in [3.05, 3.63) is 40.8 Å². The van der Waals surface area contributed by atoms with Gasteiger partial charge in [-0.15, -0.1) is 0 Å². The van der Waals surface area contributed by atoms with Crippen molar-refractivity contribution in [1.82, 2.24) is 4.98 Å². The van der Waals surface area contributed by atoms with Crippen LogP contribution in [0.2, 0.25) is 5.02 Å². The molecule has 1 heterocycles. The van der Waals surface area contributed by atoms with E-state index in [0.29, 0.717) is 33.6 Å². The van der Waals surface area contributed by atoms with Gasteiger partial charge in [0.1, 0.15) is 5.82 Å². The minimum atomic E-state index is -0.381. The topological polar surface area (TPSA) is 48.1 Å². The number of benzene rings is 1. The van der Waals surface area contributed by atoms with E-state index >= 15 is 0 Å². The fraction of sp³-hybridized carbons (Fsp3) is 0.267. The molecule has 3 rings (SSSR count). The van der Waals surface area contributed by atoms with E-state index in [9.17, 15) is 4.39 Å². The second-order valence-corrected chi connectivity index (χ2v) is 5.35. The van der Waals surface area contributed by atoms with Crippen LogP contribution in [0.5, 0.6) is 5.88 Å². The Bertz CT molecular complexity index is 671. The molecule has 1 aliphatic rings. The van der Waals surface area contributed by atoms with E-state index in [1.807, 2.05) is 0 Å². The van der Waals surface area contributed by atoms with Crippen LogP contribution < -0.4 is 10.5 Å². The predicted octanol–water partition coefficient (Wildman–Crippen LogP) is 4.01. The van der Waals surface area contributed by atoms with Crippen LogP contribution in [0.1, 0.15) is 24.5 Å². The molecule has 0 radical (unpaired) electrons. The van der Waals surface area contributed by atoms with E-state index in [4.69, 9.17) is 22.1 Å². The summed E-state index contributed by atoms with van der Waals surface area (Å²) >= 11 is 5.93. The monoisotopic (exact) mass is 292 g/mol. The van der Waals surface area contributed by atoms with E-state index in [-0.39, 0.29) is 5.82 Å². The average Bonchev–Trinajstić information content (AvgIpc) is 3.25. The molecule has 0 unspecified atom stereocenters. The summed E-state index contributed by atoms with van der Waals surface area (Å²) in [4.78, 5) is 4.44. The maximum absolute atomic E-state index is 14.0. The van der Waals surface area contributed by atoms with Crippen LogP contribution in [-0.2, 0) is 0 Å². The summed E-state index contributed by atoms with van der Waals surface area (Å²) < 4.78 is 19.3. The van der Waals surface area contributed by atoms with Gasteiger partial charge < -0.3 is 10.5 Å². The number of anilines is 1. The number of methoxy groups -OCH3 is 1. The minimum Gasteiger partial charge on any atom is -0.481 e. The van der Waals surface area contributed by atoms with E-state index < -0.39 is 0 Å². The predicted molar refractivity (Wildman–Crippen MR) is 77.6 cm³/mol. The zero-order valence-corrected chi connectivity index (χ0v) is 11.7. The lowest BCUT2D eigenvalue weighted by atomic mass is 10.0. The molecule has 1 fully saturated rings. The van der Waals surface area contributed by atoms with Crippen molar-refractivity contribution < 1.29 is 9.13 Å². The van der Waals surface area contributed by atoms with Crippen LogP contribution >= 0.6 is 11.6 Å². The molecular weight excluding hydrogens is 279 g/mol. The quantitative estimate of drug-likeness (QED) is 0.930. The smallest absolute Gasteiger partial charge is 0.221 e. The molecule has 0 amide bonds. The van der Waals surface area contributed by atoms with Crippen LogP contribution in [0.3, 0.4) is 0 Å². The second kappa shape index (κ2) is 4.94. The summed E-state index contributed by atoms with van der Waals surface area (Å²) in [7, 11) is 1.52. The highest BCUT2D eigenvalue weighted by Gasteiger charge is 2.29. The van der Waals surface area contributed by atoms with Crippen molar-refractivity contribution in [1.29, 1.82) is 0 Å². The molecule has 3 nitrogen and oxygen atoms in total. The van der Waals surface area contributed by atoms with Crippen molar-refractivity contribution in [2.24, 2.45) is 0 Å². The summed E-state index contributed by atoms with van der Waals surface area (Å²) in [6.45, 7) is 0. The molecule has 5 heteroatoms. The van der Waals surface area contributed by atoms with Gasteiger partial charge in [-0.05, 0) is 37.1 Å². The number of nitrogen functional groups attached to an aromatic ring is 1. The largest absolute Gasteiger partial charge is 0.481 e. The molecule has 0 bridgehead atoms. The number of nitrogens with two attached hydrogens (primary N) is 1. The maximum atomic E-state index is 14.0. The van der Waals surface area contributed by atoms with Gasteiger partial charge in [0.25, 0.3) is 0 Å². The lowest BCUT2D eigenvalue weighted by Crippen LogP contribution is -2.02. The fourth-order valence-electron chi connectivity index (χ4n) is 2.26. The highest BCUT2D eigenvalue weighted by Crippen LogP contribution is 2.44. The second-order valence-electron chi connectivity index (χ2n) is 4.92. The number of aromatic nitrogens is 1. The summed E-state index contributed by atoms with van der Waals surface area (Å²) in [5.74, 6) is 0.400. The van der Waals surface area contributed by atoms with Gasteiger partial charge in [0.05, 0.1) is 18.5 Å². The molecule has 2 N–H and O–H groups in total. The Morgan fingerprint density at radius 1 is 1.30 bits per heavy atom. The van der Waals surface area contributed by atoms with Crippen molar-refractivity contribution >= 4 is 17.3 Å². The third kappa shape index (κ3) is 2.31. The van der Waals surface area contributed by atoms with Crippen LogP contribution in [0, 0.1) is 5.82 Å². The molecule has 0 saturated heterocycles. The van der Waals surface area contributed by atoms with Crippen LogP contribution in [-0.4, -0.2) is 12.1 Å². The number of nitrogens with zero attached hydrogens (tertiary/aromatic N) is 1. The lowest BCUT2D eigenvalue weighted by molar-refractivity contribution is 0.398. The van der Waals surface area contributed by atoms with E-state index in [2.05, 4.69) is 4.98 Å². The van der Waals surface area contributed by atoms with E-state index in [1.54, 1.807) is 12.1 Å². The van der Waals surface area contributed by atoms with E-state index in [0.717, 1.165) is 18.5 Å². The first-order valence-corrected chi connectivity index (χ1v) is 6.77. The maximum Gasteiger partial charge on any atom is 0.221 e. The zero-order chi connectivity index (χ0) is 14.3. The molecule has 0 atom stereocenters. The number of hydrogen-bond donors (Lipinski definition) is 1. The van der Waals surface area contributed by atoms with Gasteiger partial charge in [-0.25, -0.2) is 9.37 Å². The number of halogens is 2. The molecule has 1 saturated carbocycles. The van der Waals surface area contributed by atoms with Crippen molar-refractivity contribution in [3.8, 4) is 17.0 Å². The zero-order valence-electron chi connectivity index (χ0n) is 11.0. The molecule has 0 aliphatic heterocycles. The first kappa shape index (κ1) is 13.2. The SMILES string of the molecule is COc1nc(C2CC2)c(N)cc1-c1cc(Cl)ccc1F. The Morgan fingerprint density at radius 2 is 2.05 bits per heavy atom. The number of pyridine rings is 1. The van der Waals surface area contributed by atoms with E-state index in [1.165, 1.54) is 19.2 Å². The standard InChI is InChI=1S/C15H14ClFN2O/c1-20-15-11(10-6-9(16)4-5-12(10)17)7-13(18)14(19-15)8-2-3-8/h4-8H,2-3,18H2,1H3. The molecule has 104 valence electrons. The Labute approximate surface area is 121 Å². The molecular formula is C15H14ClFN2O. The molecule has 1 aliphatic carbocycles. The first-order valence-electron chi connectivity index (χ1n) is 6.40. The summed E-state index contributed by atoms with van der Waals surface area (Å²) in [5.41, 5.74) is 8.32. The van der Waals surface area contributed by atoms with Crippen LogP contribution in [0.15, 0.2) is 24.3 Å². The Morgan fingerprint density at radius 3 is 2.70 bits per heavy atom. The van der Waals surface area contributed by atoms with Gasteiger partial charge in [-0.3, -0.25) is 0 Å². The lowest BCUT2D eigenvalue weighted by Gasteiger charge is -2.13. The molecule has 1 aromatic heterocycles. The molecule has 20 heavy (non-hydrogen) atoms. The van der Waals surface area contributed by atoms with Gasteiger partial charge in [0, 0.05) is 22.1 Å². The van der Waals surface area contributed by atoms with Gasteiger partial charge in [0.2, 0.25) is 5.88 Å². The number of ether oxygens (including phenoxy) is 1. The number of rotatable bonds is 3. The summed E-state index contributed by atoms with van der Waals surface area (Å²) in [6, 6.07) is 6.09. The minimum absolute atomic E-state index is 0.343. The Balaban J connectivity index is 2.17. The Kier molecular flexibility index (Phi) is 3.26. The molecule has 2 aromatic rings. The van der Waals surface area contributed by atoms with Gasteiger partial charge >= 0.3 is 0 Å². The van der Waals surface area contributed by atoms with Crippen LogP contribution in [0.4, 0.5) is 10.1 Å². The molecule has 0 spiro atoms. The third-order valence-corrected chi connectivity index (χ3v) is 3.66. The number of hydrogen-bond acceptors (Lipinski definition) is 3. The summed E-state index contributed by atoms with van der Waals surface area (Å²) in [6.07, 6.45) is 2.18. The first-order chi connectivity index (χ1) is 9.60. The average molecular weight is 293 g/mol. The summed E-state index contributed by atoms with van der Waals surface area (Å²) in [5, 5.41) is 0.452. The third-order valence-electron chi connectivity index (χ3n) is 3.42. The highest BCUT2D eigenvalue weighted by molar-refractivity contribution is 6.30. The van der Waals surface area contributed by atoms with Crippen molar-refractivity contribution in [2.75, 3.05) is 12.8 Å². The molecule has 1 aromatic carbocycles. The van der Waals surface area contributed by atoms with Gasteiger partial charge in [0.15, 0.2) is 0 Å². The highest BCUT2D eigenvalue weighted by atomic mass is 35.5. The Hall–Kier alpha value is -1.81. The van der Waals surface area contributed by atoms with Gasteiger partial charge in [-0.2, -0.15) is 0 Å². The van der Waals surface area contributed by atoms with Crippen LogP contribution in [0.25, 0.3) is 11.1 Å².